The Morgan fingerprint density at radius 3 is 2.54 bits per heavy atom. The lowest BCUT2D eigenvalue weighted by atomic mass is 10.0. The Morgan fingerprint density at radius 1 is 1.08 bits per heavy atom. The number of morpholine rings is 1. The molecule has 4 aromatic rings. The first kappa shape index (κ1) is 26.5. The largest absolute Gasteiger partial charge is 0.748 e. The predicted octanol–water partition coefficient (Wildman–Crippen LogP) is 3.02. The molecule has 2 aromatic heterocycles. The number of nitrogens with one attached hydrogen (secondary N) is 2. The predicted molar refractivity (Wildman–Crippen MR) is 145 cm³/mol. The minimum atomic E-state index is -3.92. The van der Waals surface area contributed by atoms with Gasteiger partial charge in [0, 0.05) is 48.2 Å². The number of quaternary nitrogens is 1. The molecule has 1 saturated heterocycles. The Kier molecular flexibility index (Phi) is 8.03. The molecule has 0 amide bonds. The summed E-state index contributed by atoms with van der Waals surface area (Å²) in [7, 11) is -3.92. The van der Waals surface area contributed by atoms with Gasteiger partial charge in [-0.1, -0.05) is 19.6 Å². The van der Waals surface area contributed by atoms with Gasteiger partial charge in [0.05, 0.1) is 41.1 Å². The fourth-order valence-corrected chi connectivity index (χ4v) is 4.38. The van der Waals surface area contributed by atoms with Crippen molar-refractivity contribution in [2.75, 3.05) is 37.9 Å². The van der Waals surface area contributed by atoms with Gasteiger partial charge in [0.2, 0.25) is 0 Å². The van der Waals surface area contributed by atoms with Gasteiger partial charge in [-0.2, -0.15) is 0 Å². The second kappa shape index (κ2) is 11.2. The molecular weight excluding hydrogens is 490 g/mol. The van der Waals surface area contributed by atoms with E-state index in [9.17, 15) is 0 Å². The van der Waals surface area contributed by atoms with Crippen LogP contribution in [0.5, 0.6) is 0 Å². The molecule has 2 aromatic carbocycles. The summed E-state index contributed by atoms with van der Waals surface area (Å²) < 4.78 is 34.8. The van der Waals surface area contributed by atoms with Crippen molar-refractivity contribution >= 4 is 39.0 Å². The Labute approximate surface area is 217 Å². The minimum Gasteiger partial charge on any atom is -0.748 e. The lowest BCUT2D eigenvalue weighted by molar-refractivity contribution is -0.842. The van der Waals surface area contributed by atoms with Crippen LogP contribution in [0.1, 0.15) is 18.6 Å². The van der Waals surface area contributed by atoms with Crippen LogP contribution < -0.4 is 10.2 Å². The monoisotopic (exact) mass is 521 g/mol. The van der Waals surface area contributed by atoms with Crippen molar-refractivity contribution in [3.05, 3.63) is 78.1 Å². The van der Waals surface area contributed by atoms with Gasteiger partial charge < -0.3 is 19.0 Å². The molecule has 0 spiro atoms. The summed E-state index contributed by atoms with van der Waals surface area (Å²) in [4.78, 5) is 10.8. The van der Waals surface area contributed by atoms with Crippen LogP contribution in [0.3, 0.4) is 0 Å². The zero-order valence-corrected chi connectivity index (χ0v) is 20.7. The van der Waals surface area contributed by atoms with Crippen molar-refractivity contribution in [1.82, 2.24) is 9.38 Å². The molecule has 9 nitrogen and oxygen atoms in total. The smallest absolute Gasteiger partial charge is 0.155 e. The molecule has 2 aliphatic rings. The van der Waals surface area contributed by atoms with Gasteiger partial charge in [-0.15, -0.1) is 0 Å². The molecule has 4 heterocycles. The van der Waals surface area contributed by atoms with E-state index in [0.717, 1.165) is 61.1 Å². The molecule has 0 unspecified atom stereocenters. The van der Waals surface area contributed by atoms with Crippen LogP contribution >= 0.6 is 0 Å². The van der Waals surface area contributed by atoms with Gasteiger partial charge in [-0.3, -0.25) is 9.89 Å². The number of aliphatic imine (C=N–C) groups is 1. The van der Waals surface area contributed by atoms with Crippen molar-refractivity contribution < 1.29 is 22.6 Å². The van der Waals surface area contributed by atoms with Crippen LogP contribution in [0.15, 0.2) is 72.0 Å². The van der Waals surface area contributed by atoms with Crippen LogP contribution in [-0.2, 0) is 21.4 Å². The SMILES string of the molecule is C.C1=NCc2cc(-c3cn4cccc4c(Nc4ccc([NH+]5CCOCC5)cc4)n3)ccc21.CS(=O)(=O)[O-]. The summed E-state index contributed by atoms with van der Waals surface area (Å²) in [5.74, 6) is 0.853. The maximum atomic E-state index is 9.08. The molecule has 194 valence electrons. The molecule has 6 rings (SSSR count). The average Bonchev–Trinajstić information content (AvgIpc) is 3.53. The highest BCUT2D eigenvalue weighted by molar-refractivity contribution is 7.84. The highest BCUT2D eigenvalue weighted by atomic mass is 32.2. The van der Waals surface area contributed by atoms with Gasteiger partial charge in [0.25, 0.3) is 0 Å². The molecule has 0 saturated carbocycles. The molecule has 37 heavy (non-hydrogen) atoms. The first-order valence-electron chi connectivity index (χ1n) is 11.6. The van der Waals surface area contributed by atoms with Crippen molar-refractivity contribution in [2.24, 2.45) is 4.99 Å². The topological polar surface area (TPSA) is 113 Å². The number of hydrogen-bond donors (Lipinski definition) is 2. The molecule has 1 fully saturated rings. The van der Waals surface area contributed by atoms with Crippen LogP contribution in [0.2, 0.25) is 0 Å². The second-order valence-corrected chi connectivity index (χ2v) is 10.2. The number of ether oxygens (including phenoxy) is 1. The zero-order valence-electron chi connectivity index (χ0n) is 19.8. The first-order chi connectivity index (χ1) is 17.3. The van der Waals surface area contributed by atoms with Crippen LogP contribution in [0, 0.1) is 0 Å². The molecule has 0 atom stereocenters. The number of hydrogen-bond acceptors (Lipinski definition) is 7. The van der Waals surface area contributed by atoms with E-state index >= 15 is 0 Å². The number of rotatable bonds is 4. The van der Waals surface area contributed by atoms with Crippen molar-refractivity contribution in [3.8, 4) is 11.3 Å². The lowest BCUT2D eigenvalue weighted by Gasteiger charge is -2.23. The first-order valence-corrected chi connectivity index (χ1v) is 13.5. The third kappa shape index (κ3) is 6.60. The number of nitrogens with zero attached hydrogens (tertiary/aromatic N) is 3. The van der Waals surface area contributed by atoms with Gasteiger partial charge >= 0.3 is 0 Å². The summed E-state index contributed by atoms with van der Waals surface area (Å²) in [6, 6.07) is 19.3. The van der Waals surface area contributed by atoms with E-state index in [2.05, 4.69) is 75.6 Å². The normalized spacial score (nSPS) is 15.0. The maximum absolute atomic E-state index is 9.08. The quantitative estimate of drug-likeness (QED) is 0.399. The van der Waals surface area contributed by atoms with Crippen LogP contribution in [0.4, 0.5) is 17.2 Å². The highest BCUT2D eigenvalue weighted by Crippen LogP contribution is 2.28. The number of aromatic nitrogens is 2. The van der Waals surface area contributed by atoms with E-state index in [1.54, 1.807) is 0 Å². The Morgan fingerprint density at radius 2 is 1.81 bits per heavy atom. The lowest BCUT2D eigenvalue weighted by Crippen LogP contribution is -3.09. The standard InChI is InChI=1S/C25H23N5O.CH4O3S.CH4/c1-2-24-25(27-21-5-7-22(8-6-21)29-10-12-31-13-11-29)28-23(17-30(24)9-1)18-3-4-19-15-26-16-20(19)14-18;1-5(2,3)4;/h1-9,14-15,17H,10-13,16H2,(H,27,28);1H3,(H,2,3,4);1H4. The van der Waals surface area contributed by atoms with Gasteiger partial charge in [0.1, 0.15) is 18.8 Å². The average molecular weight is 522 g/mol. The van der Waals surface area contributed by atoms with E-state index in [0.29, 0.717) is 6.26 Å². The third-order valence-electron chi connectivity index (χ3n) is 6.10. The van der Waals surface area contributed by atoms with Crippen LogP contribution in [0.25, 0.3) is 16.8 Å². The van der Waals surface area contributed by atoms with Gasteiger partial charge in [-0.05, 0) is 41.5 Å². The van der Waals surface area contributed by atoms with E-state index in [1.807, 2.05) is 12.3 Å². The fraction of sp³-hybridized carbons (Fsp3) is 0.259. The van der Waals surface area contributed by atoms with E-state index in [4.69, 9.17) is 22.7 Å². The highest BCUT2D eigenvalue weighted by Gasteiger charge is 2.16. The number of benzene rings is 2. The van der Waals surface area contributed by atoms with Crippen molar-refractivity contribution in [1.29, 1.82) is 0 Å². The second-order valence-electron chi connectivity index (χ2n) is 8.78. The summed E-state index contributed by atoms with van der Waals surface area (Å²) >= 11 is 0. The molecule has 2 aliphatic heterocycles. The molecule has 10 heteroatoms. The Balaban J connectivity index is 0.000000490. The molecule has 2 N–H and O–H groups in total. The molecule has 0 radical (unpaired) electrons. The molecule has 0 bridgehead atoms. The van der Waals surface area contributed by atoms with E-state index in [-0.39, 0.29) is 7.43 Å². The number of fused-ring (bicyclic) bond motifs is 2. The molecular formula is C27H31N5O4S. The fourth-order valence-electron chi connectivity index (χ4n) is 4.38. The summed E-state index contributed by atoms with van der Waals surface area (Å²) in [6.07, 6.45) is 6.69. The van der Waals surface area contributed by atoms with E-state index in [1.165, 1.54) is 21.7 Å². The number of anilines is 2. The summed E-state index contributed by atoms with van der Waals surface area (Å²) in [5.41, 5.74) is 7.89. The van der Waals surface area contributed by atoms with Crippen LogP contribution in [-0.4, -0.2) is 61.1 Å². The van der Waals surface area contributed by atoms with Gasteiger partial charge in [0.15, 0.2) is 5.82 Å². The Hall–Kier alpha value is -3.57. The van der Waals surface area contributed by atoms with Crippen molar-refractivity contribution in [2.45, 2.75) is 14.0 Å². The Bertz CT molecular complexity index is 1500. The third-order valence-corrected chi connectivity index (χ3v) is 6.10. The minimum absolute atomic E-state index is 0. The summed E-state index contributed by atoms with van der Waals surface area (Å²) in [6.45, 7) is 4.44. The summed E-state index contributed by atoms with van der Waals surface area (Å²) in [5, 5.41) is 3.54. The van der Waals surface area contributed by atoms with E-state index < -0.39 is 10.1 Å². The van der Waals surface area contributed by atoms with Crippen molar-refractivity contribution in [3.63, 3.8) is 0 Å². The van der Waals surface area contributed by atoms with Gasteiger partial charge in [-0.25, -0.2) is 13.4 Å². The molecule has 0 aliphatic carbocycles. The zero-order chi connectivity index (χ0) is 25.1. The maximum Gasteiger partial charge on any atom is 0.155 e.